The van der Waals surface area contributed by atoms with E-state index in [1.807, 2.05) is 6.92 Å². The minimum Gasteiger partial charge on any atom is -0.507 e. The van der Waals surface area contributed by atoms with E-state index >= 15 is 0 Å². The van der Waals surface area contributed by atoms with E-state index in [2.05, 4.69) is 12.2 Å². The smallest absolute Gasteiger partial charge is 0.255 e. The molecule has 0 spiro atoms. The first-order chi connectivity index (χ1) is 8.15. The minimum atomic E-state index is -0.202. The van der Waals surface area contributed by atoms with E-state index in [0.29, 0.717) is 5.56 Å². The van der Waals surface area contributed by atoms with Gasteiger partial charge in [-0.2, -0.15) is 0 Å². The molecule has 0 aliphatic rings. The maximum atomic E-state index is 11.8. The second-order valence-electron chi connectivity index (χ2n) is 4.39. The van der Waals surface area contributed by atoms with E-state index in [1.54, 1.807) is 18.2 Å². The van der Waals surface area contributed by atoms with Crippen LogP contribution in [0, 0.1) is 0 Å². The summed E-state index contributed by atoms with van der Waals surface area (Å²) in [5.41, 5.74) is 0.342. The number of carbonyl (C=O) groups excluding carboxylic acids is 1. The van der Waals surface area contributed by atoms with Crippen LogP contribution >= 0.6 is 0 Å². The summed E-state index contributed by atoms with van der Waals surface area (Å²) in [5, 5.41) is 12.4. The first kappa shape index (κ1) is 13.6. The van der Waals surface area contributed by atoms with Crippen molar-refractivity contribution in [2.75, 3.05) is 0 Å². The third-order valence-corrected chi connectivity index (χ3v) is 2.77. The zero-order valence-electron chi connectivity index (χ0n) is 10.6. The number of aromatic hydroxyl groups is 1. The Labute approximate surface area is 103 Å². The van der Waals surface area contributed by atoms with Gasteiger partial charge in [-0.05, 0) is 25.5 Å². The molecule has 3 nitrogen and oxygen atoms in total. The molecule has 0 heterocycles. The van der Waals surface area contributed by atoms with Gasteiger partial charge in [-0.3, -0.25) is 4.79 Å². The van der Waals surface area contributed by atoms with Crippen molar-refractivity contribution in [1.82, 2.24) is 5.32 Å². The van der Waals surface area contributed by atoms with E-state index in [9.17, 15) is 9.90 Å². The van der Waals surface area contributed by atoms with Crippen LogP contribution in [0.2, 0.25) is 0 Å². The molecule has 0 saturated carbocycles. The van der Waals surface area contributed by atoms with Crippen LogP contribution < -0.4 is 5.32 Å². The third-order valence-electron chi connectivity index (χ3n) is 2.77. The first-order valence-electron chi connectivity index (χ1n) is 6.24. The van der Waals surface area contributed by atoms with Gasteiger partial charge < -0.3 is 10.4 Å². The van der Waals surface area contributed by atoms with Gasteiger partial charge in [0.25, 0.3) is 5.91 Å². The molecule has 2 N–H and O–H groups in total. The Balaban J connectivity index is 2.46. The molecule has 1 amide bonds. The van der Waals surface area contributed by atoms with Gasteiger partial charge in [0.15, 0.2) is 0 Å². The van der Waals surface area contributed by atoms with Crippen molar-refractivity contribution in [2.24, 2.45) is 0 Å². The highest BCUT2D eigenvalue weighted by atomic mass is 16.3. The van der Waals surface area contributed by atoms with Crippen molar-refractivity contribution in [2.45, 2.75) is 45.6 Å². The summed E-state index contributed by atoms with van der Waals surface area (Å²) >= 11 is 0. The van der Waals surface area contributed by atoms with Crippen LogP contribution in [-0.2, 0) is 0 Å². The molecule has 17 heavy (non-hydrogen) atoms. The van der Waals surface area contributed by atoms with Crippen LogP contribution in [-0.4, -0.2) is 17.1 Å². The molecule has 0 aliphatic carbocycles. The predicted octanol–water partition coefficient (Wildman–Crippen LogP) is 3.09. The topological polar surface area (TPSA) is 49.3 Å². The van der Waals surface area contributed by atoms with Crippen LogP contribution in [0.5, 0.6) is 5.75 Å². The average molecular weight is 235 g/mol. The van der Waals surface area contributed by atoms with E-state index in [1.165, 1.54) is 18.9 Å². The van der Waals surface area contributed by atoms with Crippen LogP contribution in [0.3, 0.4) is 0 Å². The summed E-state index contributed by atoms with van der Waals surface area (Å²) in [7, 11) is 0. The molecular formula is C14H21NO2. The SMILES string of the molecule is CCCCCC(C)NC(=O)c1ccccc1O. The molecule has 0 bridgehead atoms. The highest BCUT2D eigenvalue weighted by Crippen LogP contribution is 2.15. The fourth-order valence-electron chi connectivity index (χ4n) is 1.74. The number of phenolic OH excluding ortho intramolecular Hbond substituents is 1. The standard InChI is InChI=1S/C14H21NO2/c1-3-4-5-8-11(2)15-14(17)12-9-6-7-10-13(12)16/h6-7,9-11,16H,3-5,8H2,1-2H3,(H,15,17). The number of amides is 1. The van der Waals surface area contributed by atoms with Gasteiger partial charge in [0.2, 0.25) is 0 Å². The number of benzene rings is 1. The normalized spacial score (nSPS) is 12.1. The molecule has 0 saturated heterocycles. The Kier molecular flexibility index (Phi) is 5.53. The monoisotopic (exact) mass is 235 g/mol. The third kappa shape index (κ3) is 4.47. The van der Waals surface area contributed by atoms with E-state index in [4.69, 9.17) is 0 Å². The maximum Gasteiger partial charge on any atom is 0.255 e. The molecule has 0 aliphatic heterocycles. The Morgan fingerprint density at radius 2 is 2.06 bits per heavy atom. The van der Waals surface area contributed by atoms with E-state index in [-0.39, 0.29) is 17.7 Å². The number of rotatable bonds is 6. The lowest BCUT2D eigenvalue weighted by Gasteiger charge is -2.14. The number of phenols is 1. The second kappa shape index (κ2) is 6.94. The molecule has 0 radical (unpaired) electrons. The van der Waals surface area contributed by atoms with Crippen molar-refractivity contribution in [3.63, 3.8) is 0 Å². The highest BCUT2D eigenvalue weighted by molar-refractivity contribution is 5.96. The zero-order valence-corrected chi connectivity index (χ0v) is 10.6. The summed E-state index contributed by atoms with van der Waals surface area (Å²) in [4.78, 5) is 11.8. The molecular weight excluding hydrogens is 214 g/mol. The quantitative estimate of drug-likeness (QED) is 0.744. The van der Waals surface area contributed by atoms with Crippen LogP contribution in [0.4, 0.5) is 0 Å². The van der Waals surface area contributed by atoms with Crippen LogP contribution in [0.15, 0.2) is 24.3 Å². The van der Waals surface area contributed by atoms with Gasteiger partial charge in [-0.1, -0.05) is 38.3 Å². The van der Waals surface area contributed by atoms with E-state index in [0.717, 1.165) is 12.8 Å². The molecule has 0 aromatic heterocycles. The van der Waals surface area contributed by atoms with Gasteiger partial charge in [0.05, 0.1) is 5.56 Å². The summed E-state index contributed by atoms with van der Waals surface area (Å²) in [5.74, 6) is -0.169. The summed E-state index contributed by atoms with van der Waals surface area (Å²) in [6.45, 7) is 4.15. The van der Waals surface area contributed by atoms with Crippen molar-refractivity contribution < 1.29 is 9.90 Å². The second-order valence-corrected chi connectivity index (χ2v) is 4.39. The van der Waals surface area contributed by atoms with Gasteiger partial charge >= 0.3 is 0 Å². The molecule has 3 heteroatoms. The van der Waals surface area contributed by atoms with Crippen molar-refractivity contribution in [1.29, 1.82) is 0 Å². The van der Waals surface area contributed by atoms with Crippen LogP contribution in [0.25, 0.3) is 0 Å². The number of carbonyl (C=O) groups is 1. The largest absolute Gasteiger partial charge is 0.507 e. The van der Waals surface area contributed by atoms with Crippen molar-refractivity contribution in [3.8, 4) is 5.75 Å². The number of unbranched alkanes of at least 4 members (excludes halogenated alkanes) is 2. The fourth-order valence-corrected chi connectivity index (χ4v) is 1.74. The van der Waals surface area contributed by atoms with Gasteiger partial charge in [-0.25, -0.2) is 0 Å². The van der Waals surface area contributed by atoms with Gasteiger partial charge in [0.1, 0.15) is 5.75 Å². The Hall–Kier alpha value is -1.51. The minimum absolute atomic E-state index is 0.0331. The van der Waals surface area contributed by atoms with Crippen LogP contribution in [0.1, 0.15) is 49.9 Å². The fraction of sp³-hybridized carbons (Fsp3) is 0.500. The Morgan fingerprint density at radius 3 is 2.71 bits per heavy atom. The maximum absolute atomic E-state index is 11.8. The lowest BCUT2D eigenvalue weighted by Crippen LogP contribution is -2.32. The lowest BCUT2D eigenvalue weighted by molar-refractivity contribution is 0.0935. The Bertz CT molecular complexity index is 363. The molecule has 94 valence electrons. The number of hydrogen-bond acceptors (Lipinski definition) is 2. The first-order valence-corrected chi connectivity index (χ1v) is 6.24. The van der Waals surface area contributed by atoms with E-state index < -0.39 is 0 Å². The number of para-hydroxylation sites is 1. The molecule has 1 aromatic rings. The number of nitrogens with one attached hydrogen (secondary N) is 1. The predicted molar refractivity (Wildman–Crippen MR) is 69.2 cm³/mol. The highest BCUT2D eigenvalue weighted by Gasteiger charge is 2.12. The summed E-state index contributed by atoms with van der Waals surface area (Å²) < 4.78 is 0. The molecule has 1 unspecified atom stereocenters. The molecule has 1 rings (SSSR count). The molecule has 0 fully saturated rings. The van der Waals surface area contributed by atoms with Gasteiger partial charge in [0, 0.05) is 6.04 Å². The number of hydrogen-bond donors (Lipinski definition) is 2. The van der Waals surface area contributed by atoms with Gasteiger partial charge in [-0.15, -0.1) is 0 Å². The Morgan fingerprint density at radius 1 is 1.35 bits per heavy atom. The van der Waals surface area contributed by atoms with Crippen molar-refractivity contribution in [3.05, 3.63) is 29.8 Å². The average Bonchev–Trinajstić information content (AvgIpc) is 2.29. The summed E-state index contributed by atoms with van der Waals surface area (Å²) in [6, 6.07) is 6.75. The lowest BCUT2D eigenvalue weighted by atomic mass is 10.1. The van der Waals surface area contributed by atoms with Crippen molar-refractivity contribution >= 4 is 5.91 Å². The molecule has 1 atom stereocenters. The zero-order chi connectivity index (χ0) is 12.7. The molecule has 1 aromatic carbocycles. The summed E-state index contributed by atoms with van der Waals surface area (Å²) in [6.07, 6.45) is 4.48.